The second-order valence-electron chi connectivity index (χ2n) is 6.58. The van der Waals surface area contributed by atoms with E-state index in [0.29, 0.717) is 25.8 Å². The van der Waals surface area contributed by atoms with Crippen molar-refractivity contribution < 1.29 is 14.6 Å². The lowest BCUT2D eigenvalue weighted by Crippen LogP contribution is -2.34. The molecule has 0 spiro atoms. The predicted octanol–water partition coefficient (Wildman–Crippen LogP) is 2.14. The highest BCUT2D eigenvalue weighted by molar-refractivity contribution is 5.32. The van der Waals surface area contributed by atoms with Crippen LogP contribution in [0.5, 0.6) is 5.75 Å². The van der Waals surface area contributed by atoms with Crippen molar-refractivity contribution in [3.8, 4) is 5.75 Å². The molecule has 25 heavy (non-hydrogen) atoms. The molecule has 1 aromatic heterocycles. The Labute approximate surface area is 149 Å². The monoisotopic (exact) mass is 345 g/mol. The molecule has 2 aromatic rings. The zero-order valence-electron chi connectivity index (χ0n) is 15.0. The number of hydrogen-bond donors (Lipinski definition) is 1. The van der Waals surface area contributed by atoms with E-state index in [0.717, 1.165) is 30.7 Å². The minimum absolute atomic E-state index is 0.314. The number of hydrogen-bond acceptors (Lipinski definition) is 5. The highest BCUT2D eigenvalue weighted by Gasteiger charge is 2.28. The van der Waals surface area contributed by atoms with Gasteiger partial charge in [-0.15, -0.1) is 0 Å². The zero-order chi connectivity index (χ0) is 17.6. The lowest BCUT2D eigenvalue weighted by molar-refractivity contribution is 0.00724. The Bertz CT molecular complexity index is 673. The number of aromatic nitrogens is 2. The van der Waals surface area contributed by atoms with Crippen LogP contribution in [0.4, 0.5) is 0 Å². The summed E-state index contributed by atoms with van der Waals surface area (Å²) in [6.45, 7) is 2.37. The van der Waals surface area contributed by atoms with Gasteiger partial charge in [-0.3, -0.25) is 9.58 Å². The van der Waals surface area contributed by atoms with Gasteiger partial charge in [0.15, 0.2) is 0 Å². The van der Waals surface area contributed by atoms with Crippen LogP contribution in [0.25, 0.3) is 0 Å². The fourth-order valence-corrected chi connectivity index (χ4v) is 3.48. The van der Waals surface area contributed by atoms with Gasteiger partial charge in [0.2, 0.25) is 0 Å². The van der Waals surface area contributed by atoms with E-state index in [2.05, 4.69) is 16.2 Å². The highest BCUT2D eigenvalue weighted by Crippen LogP contribution is 2.31. The van der Waals surface area contributed by atoms with Gasteiger partial charge in [-0.25, -0.2) is 0 Å². The Balaban J connectivity index is 1.48. The second kappa shape index (κ2) is 8.47. The van der Waals surface area contributed by atoms with E-state index in [1.54, 1.807) is 7.11 Å². The molecule has 1 aliphatic heterocycles. The summed E-state index contributed by atoms with van der Waals surface area (Å²) in [7, 11) is 3.59. The molecule has 1 N–H and O–H groups in total. The van der Waals surface area contributed by atoms with Gasteiger partial charge in [0.25, 0.3) is 0 Å². The first-order valence-electron chi connectivity index (χ1n) is 8.77. The van der Waals surface area contributed by atoms with Gasteiger partial charge >= 0.3 is 0 Å². The van der Waals surface area contributed by atoms with Gasteiger partial charge in [-0.05, 0) is 25.5 Å². The number of β-amino-alcohol motifs (C(OH)–C–C–N with tert-alkyl or cyclic N) is 1. The van der Waals surface area contributed by atoms with Crippen LogP contribution in [0.15, 0.2) is 36.7 Å². The minimum Gasteiger partial charge on any atom is -0.496 e. The summed E-state index contributed by atoms with van der Waals surface area (Å²) < 4.78 is 12.9. The summed E-state index contributed by atoms with van der Waals surface area (Å²) in [5, 5.41) is 14.6. The van der Waals surface area contributed by atoms with Crippen LogP contribution >= 0.6 is 0 Å². The van der Waals surface area contributed by atoms with Gasteiger partial charge < -0.3 is 14.6 Å². The first kappa shape index (κ1) is 17.9. The van der Waals surface area contributed by atoms with E-state index in [1.165, 1.54) is 5.56 Å². The van der Waals surface area contributed by atoms with E-state index < -0.39 is 6.10 Å². The number of aliphatic hydroxyl groups is 1. The number of aryl methyl sites for hydroxylation is 1. The van der Waals surface area contributed by atoms with Gasteiger partial charge in [0, 0.05) is 37.0 Å². The van der Waals surface area contributed by atoms with E-state index in [4.69, 9.17) is 9.47 Å². The number of rotatable bonds is 8. The molecule has 1 aliphatic rings. The Morgan fingerprint density at radius 3 is 2.96 bits per heavy atom. The van der Waals surface area contributed by atoms with Crippen LogP contribution < -0.4 is 4.74 Å². The fourth-order valence-electron chi connectivity index (χ4n) is 3.48. The average molecular weight is 345 g/mol. The Morgan fingerprint density at radius 2 is 2.20 bits per heavy atom. The van der Waals surface area contributed by atoms with Gasteiger partial charge in [-0.2, -0.15) is 5.10 Å². The molecule has 1 aromatic carbocycles. The third kappa shape index (κ3) is 4.60. The van der Waals surface area contributed by atoms with E-state index in [1.807, 2.05) is 42.2 Å². The Kier molecular flexibility index (Phi) is 6.07. The summed E-state index contributed by atoms with van der Waals surface area (Å²) in [5.41, 5.74) is 2.22. The van der Waals surface area contributed by atoms with Gasteiger partial charge in [-0.1, -0.05) is 18.2 Å². The van der Waals surface area contributed by atoms with Crippen LogP contribution in [-0.2, 0) is 18.4 Å². The van der Waals surface area contributed by atoms with E-state index in [9.17, 15) is 5.11 Å². The smallest absolute Gasteiger partial charge is 0.124 e. The van der Waals surface area contributed by atoms with E-state index >= 15 is 0 Å². The first-order chi connectivity index (χ1) is 12.2. The maximum Gasteiger partial charge on any atom is 0.124 e. The number of aliphatic hydroxyl groups excluding tert-OH is 1. The second-order valence-corrected chi connectivity index (χ2v) is 6.58. The maximum atomic E-state index is 10.4. The van der Waals surface area contributed by atoms with Crippen molar-refractivity contribution >= 4 is 0 Å². The van der Waals surface area contributed by atoms with Crippen molar-refractivity contribution in [3.63, 3.8) is 0 Å². The fraction of sp³-hybridized carbons (Fsp3) is 0.526. The highest BCUT2D eigenvalue weighted by atomic mass is 16.5. The zero-order valence-corrected chi connectivity index (χ0v) is 15.0. The molecular formula is C19H27N3O3. The number of methoxy groups -OCH3 is 1. The largest absolute Gasteiger partial charge is 0.496 e. The first-order valence-corrected chi connectivity index (χ1v) is 8.77. The van der Waals surface area contributed by atoms with Crippen LogP contribution in [-0.4, -0.2) is 52.7 Å². The number of nitrogens with zero attached hydrogens (tertiary/aromatic N) is 3. The lowest BCUT2D eigenvalue weighted by Gasteiger charge is -2.26. The molecule has 6 nitrogen and oxygen atoms in total. The molecular weight excluding hydrogens is 318 g/mol. The number of likely N-dealkylation sites (tertiary alicyclic amines) is 1. The van der Waals surface area contributed by atoms with Crippen LogP contribution in [0.3, 0.4) is 0 Å². The molecule has 0 amide bonds. The molecule has 0 aliphatic carbocycles. The van der Waals surface area contributed by atoms with Gasteiger partial charge in [0.1, 0.15) is 5.75 Å². The molecule has 1 fully saturated rings. The van der Waals surface area contributed by atoms with E-state index in [-0.39, 0.29) is 0 Å². The van der Waals surface area contributed by atoms with Crippen LogP contribution in [0, 0.1) is 0 Å². The molecule has 1 saturated heterocycles. The molecule has 0 radical (unpaired) electrons. The molecule has 2 heterocycles. The molecule has 0 unspecified atom stereocenters. The number of ether oxygens (including phenoxy) is 2. The summed E-state index contributed by atoms with van der Waals surface area (Å²) in [4.78, 5) is 2.33. The summed E-state index contributed by atoms with van der Waals surface area (Å²) in [5.74, 6) is 0.813. The predicted molar refractivity (Wildman–Crippen MR) is 95.4 cm³/mol. The van der Waals surface area contributed by atoms with Crippen molar-refractivity contribution in [2.45, 2.75) is 31.6 Å². The molecule has 0 bridgehead atoms. The van der Waals surface area contributed by atoms with Crippen LogP contribution in [0.1, 0.15) is 30.0 Å². The molecule has 3 rings (SSSR count). The average Bonchev–Trinajstić information content (AvgIpc) is 3.24. The van der Waals surface area contributed by atoms with Crippen molar-refractivity contribution in [2.75, 3.05) is 26.8 Å². The standard InChI is InChI=1S/C19H27N3O3/c1-21-11-16(10-20-21)18-7-5-9-22(18)12-17(23)14-25-13-15-6-3-4-8-19(15)24-2/h3-4,6,8,10-11,17-18,23H,5,7,9,12-14H2,1-2H3/t17-,18+/m0/s1. The van der Waals surface area contributed by atoms with Crippen molar-refractivity contribution in [1.29, 1.82) is 0 Å². The minimum atomic E-state index is -0.507. The van der Waals surface area contributed by atoms with Crippen molar-refractivity contribution in [1.82, 2.24) is 14.7 Å². The SMILES string of the molecule is COc1ccccc1COC[C@@H](O)CN1CCC[C@@H]1c1cnn(C)c1. The molecule has 6 heteroatoms. The third-order valence-corrected chi connectivity index (χ3v) is 4.68. The lowest BCUT2D eigenvalue weighted by atomic mass is 10.1. The summed E-state index contributed by atoms with van der Waals surface area (Å²) in [6, 6.07) is 8.13. The topological polar surface area (TPSA) is 59.8 Å². The molecule has 136 valence electrons. The Morgan fingerprint density at radius 1 is 1.36 bits per heavy atom. The van der Waals surface area contributed by atoms with Crippen molar-refractivity contribution in [2.24, 2.45) is 7.05 Å². The van der Waals surface area contributed by atoms with Crippen LogP contribution in [0.2, 0.25) is 0 Å². The third-order valence-electron chi connectivity index (χ3n) is 4.68. The normalized spacial score (nSPS) is 19.2. The van der Waals surface area contributed by atoms with Gasteiger partial charge in [0.05, 0.1) is 32.6 Å². The summed E-state index contributed by atoms with van der Waals surface area (Å²) in [6.07, 6.45) is 5.74. The quantitative estimate of drug-likeness (QED) is 0.794. The number of benzene rings is 1. The summed E-state index contributed by atoms with van der Waals surface area (Å²) >= 11 is 0. The molecule has 2 atom stereocenters. The van der Waals surface area contributed by atoms with Crippen molar-refractivity contribution in [3.05, 3.63) is 47.8 Å². The Hall–Kier alpha value is -1.89. The molecule has 0 saturated carbocycles. The maximum absolute atomic E-state index is 10.4. The number of para-hydroxylation sites is 1.